The summed E-state index contributed by atoms with van der Waals surface area (Å²) in [5, 5.41) is 5.33. The van der Waals surface area contributed by atoms with Gasteiger partial charge in [-0.1, -0.05) is 36.4 Å². The molecule has 1 aliphatic rings. The number of benzene rings is 2. The molecule has 2 aromatic rings. The van der Waals surface area contributed by atoms with E-state index in [0.29, 0.717) is 11.4 Å². The summed E-state index contributed by atoms with van der Waals surface area (Å²) in [5.74, 6) is -0.448. The monoisotopic (exact) mass is 425 g/mol. The molecule has 1 unspecified atom stereocenters. The van der Waals surface area contributed by atoms with E-state index in [1.165, 1.54) is 4.90 Å². The zero-order valence-electron chi connectivity index (χ0n) is 18.1. The Labute approximate surface area is 181 Å². The first-order valence-corrected chi connectivity index (χ1v) is 10.0. The Balaban J connectivity index is 1.82. The van der Waals surface area contributed by atoms with Gasteiger partial charge in [0.15, 0.2) is 0 Å². The number of fused-ring (bicyclic) bond motifs is 1. The fourth-order valence-corrected chi connectivity index (χ4v) is 3.10. The number of nitrogens with one attached hydrogen (secondary N) is 2. The molecule has 0 bridgehead atoms. The summed E-state index contributed by atoms with van der Waals surface area (Å²) in [6.07, 6.45) is -1.37. The third-order valence-corrected chi connectivity index (χ3v) is 4.50. The van der Waals surface area contributed by atoms with Crippen LogP contribution in [0.1, 0.15) is 31.9 Å². The van der Waals surface area contributed by atoms with Gasteiger partial charge in [-0.3, -0.25) is 9.69 Å². The number of rotatable bonds is 3. The number of anilines is 2. The maximum absolute atomic E-state index is 13.0. The fraction of sp³-hybridized carbons (Fsp3) is 0.348. The van der Waals surface area contributed by atoms with E-state index >= 15 is 0 Å². The van der Waals surface area contributed by atoms with Crippen LogP contribution in [0, 0.1) is 6.92 Å². The number of amides is 3. The molecule has 8 heteroatoms. The van der Waals surface area contributed by atoms with Gasteiger partial charge < -0.3 is 20.1 Å². The second-order valence-electron chi connectivity index (χ2n) is 8.36. The standard InChI is InChI=1S/C23H27N3O5/c1-15-10-11-19-17(12-15)24-20(27)18(25-21(28)31-23(2,3)4)13-26(19)22(29)30-14-16-8-6-5-7-9-16/h5-12,18H,13-14H2,1-4H3,(H,24,27)(H,25,28). The van der Waals surface area contributed by atoms with Gasteiger partial charge in [-0.05, 0) is 51.0 Å². The zero-order chi connectivity index (χ0) is 22.6. The number of hydrogen-bond donors (Lipinski definition) is 2. The van der Waals surface area contributed by atoms with Crippen LogP contribution >= 0.6 is 0 Å². The van der Waals surface area contributed by atoms with Crippen molar-refractivity contribution < 1.29 is 23.9 Å². The van der Waals surface area contributed by atoms with Gasteiger partial charge in [0.1, 0.15) is 18.2 Å². The highest BCUT2D eigenvalue weighted by atomic mass is 16.6. The van der Waals surface area contributed by atoms with Crippen LogP contribution in [0.25, 0.3) is 0 Å². The van der Waals surface area contributed by atoms with Crippen molar-refractivity contribution in [3.8, 4) is 0 Å². The van der Waals surface area contributed by atoms with Gasteiger partial charge in [0.2, 0.25) is 5.91 Å². The lowest BCUT2D eigenvalue weighted by Gasteiger charge is -2.26. The van der Waals surface area contributed by atoms with Gasteiger partial charge in [-0.15, -0.1) is 0 Å². The minimum absolute atomic E-state index is 0.0862. The first-order chi connectivity index (χ1) is 14.6. The molecule has 2 N–H and O–H groups in total. The summed E-state index contributed by atoms with van der Waals surface area (Å²) in [5.41, 5.74) is 1.99. The largest absolute Gasteiger partial charge is 0.444 e. The highest BCUT2D eigenvalue weighted by Crippen LogP contribution is 2.30. The molecule has 31 heavy (non-hydrogen) atoms. The van der Waals surface area contributed by atoms with Gasteiger partial charge >= 0.3 is 12.2 Å². The highest BCUT2D eigenvalue weighted by Gasteiger charge is 2.34. The minimum Gasteiger partial charge on any atom is -0.444 e. The average molecular weight is 425 g/mol. The number of ether oxygens (including phenoxy) is 2. The third kappa shape index (κ3) is 5.97. The summed E-state index contributed by atoms with van der Waals surface area (Å²) in [7, 11) is 0. The summed E-state index contributed by atoms with van der Waals surface area (Å²) in [4.78, 5) is 39.3. The van der Waals surface area contributed by atoms with Crippen LogP contribution in [0.15, 0.2) is 48.5 Å². The lowest BCUT2D eigenvalue weighted by molar-refractivity contribution is -0.117. The van der Waals surface area contributed by atoms with E-state index in [1.807, 2.05) is 43.3 Å². The molecule has 1 atom stereocenters. The predicted molar refractivity (Wildman–Crippen MR) is 117 cm³/mol. The molecular formula is C23H27N3O5. The van der Waals surface area contributed by atoms with Crippen molar-refractivity contribution in [1.82, 2.24) is 5.32 Å². The van der Waals surface area contributed by atoms with Crippen molar-refractivity contribution in [2.24, 2.45) is 0 Å². The SMILES string of the molecule is Cc1ccc2c(c1)NC(=O)C(NC(=O)OC(C)(C)C)CN2C(=O)OCc1ccccc1. The third-order valence-electron chi connectivity index (χ3n) is 4.50. The van der Waals surface area contributed by atoms with Crippen LogP contribution in [-0.4, -0.2) is 36.3 Å². The molecule has 0 fully saturated rings. The minimum atomic E-state index is -1.02. The lowest BCUT2D eigenvalue weighted by Crippen LogP contribution is -2.51. The molecule has 3 rings (SSSR count). The Hall–Kier alpha value is -3.55. The highest BCUT2D eigenvalue weighted by molar-refractivity contribution is 6.05. The van der Waals surface area contributed by atoms with Gasteiger partial charge in [0.25, 0.3) is 0 Å². The van der Waals surface area contributed by atoms with Crippen molar-refractivity contribution >= 4 is 29.5 Å². The maximum atomic E-state index is 13.0. The van der Waals surface area contributed by atoms with Crippen LogP contribution in [0.5, 0.6) is 0 Å². The van der Waals surface area contributed by atoms with Gasteiger partial charge in [-0.25, -0.2) is 9.59 Å². The number of alkyl carbamates (subject to hydrolysis) is 1. The molecule has 1 heterocycles. The number of hydrogen-bond acceptors (Lipinski definition) is 5. The van der Waals surface area contributed by atoms with Gasteiger partial charge in [-0.2, -0.15) is 0 Å². The lowest BCUT2D eigenvalue weighted by atomic mass is 10.2. The van der Waals surface area contributed by atoms with Crippen LogP contribution in [0.4, 0.5) is 21.0 Å². The van der Waals surface area contributed by atoms with Gasteiger partial charge in [0.05, 0.1) is 17.9 Å². The maximum Gasteiger partial charge on any atom is 0.414 e. The first-order valence-electron chi connectivity index (χ1n) is 10.0. The average Bonchev–Trinajstić information content (AvgIpc) is 2.81. The first kappa shape index (κ1) is 22.1. The summed E-state index contributed by atoms with van der Waals surface area (Å²) in [6, 6.07) is 13.6. The van der Waals surface area contributed by atoms with E-state index in [1.54, 1.807) is 32.9 Å². The van der Waals surface area contributed by atoms with Crippen LogP contribution < -0.4 is 15.5 Å². The van der Waals surface area contributed by atoms with E-state index in [0.717, 1.165) is 11.1 Å². The topological polar surface area (TPSA) is 97.0 Å². The molecule has 1 aliphatic heterocycles. The molecule has 3 amide bonds. The van der Waals surface area contributed by atoms with Crippen molar-refractivity contribution in [1.29, 1.82) is 0 Å². The molecule has 0 radical (unpaired) electrons. The zero-order valence-corrected chi connectivity index (χ0v) is 18.1. The predicted octanol–water partition coefficient (Wildman–Crippen LogP) is 3.98. The summed E-state index contributed by atoms with van der Waals surface area (Å²) >= 11 is 0. The Morgan fingerprint density at radius 1 is 1.16 bits per heavy atom. The van der Waals surface area contributed by atoms with Crippen LogP contribution in [0.2, 0.25) is 0 Å². The van der Waals surface area contributed by atoms with Crippen LogP contribution in [0.3, 0.4) is 0 Å². The van der Waals surface area contributed by atoms with Gasteiger partial charge in [0, 0.05) is 0 Å². The molecule has 0 aromatic heterocycles. The molecule has 0 aliphatic carbocycles. The summed E-state index contributed by atoms with van der Waals surface area (Å²) < 4.78 is 10.7. The number of carbonyl (C=O) groups is 3. The molecule has 164 valence electrons. The molecule has 2 aromatic carbocycles. The second kappa shape index (κ2) is 9.07. The second-order valence-corrected chi connectivity index (χ2v) is 8.36. The smallest absolute Gasteiger partial charge is 0.414 e. The Kier molecular flexibility index (Phi) is 6.48. The van der Waals surface area contributed by atoms with E-state index in [-0.39, 0.29) is 13.2 Å². The van der Waals surface area contributed by atoms with Crippen LogP contribution in [-0.2, 0) is 20.9 Å². The van der Waals surface area contributed by atoms with E-state index in [2.05, 4.69) is 10.6 Å². The Morgan fingerprint density at radius 3 is 2.55 bits per heavy atom. The number of aryl methyl sites for hydroxylation is 1. The molecule has 0 saturated carbocycles. The fourth-order valence-electron chi connectivity index (χ4n) is 3.10. The molecule has 0 spiro atoms. The van der Waals surface area contributed by atoms with Crippen molar-refractivity contribution in [3.63, 3.8) is 0 Å². The summed E-state index contributed by atoms with van der Waals surface area (Å²) in [6.45, 7) is 7.05. The Morgan fingerprint density at radius 2 is 1.87 bits per heavy atom. The quantitative estimate of drug-likeness (QED) is 0.775. The molecular weight excluding hydrogens is 398 g/mol. The molecule has 0 saturated heterocycles. The number of nitrogens with zero attached hydrogens (tertiary/aromatic N) is 1. The Bertz CT molecular complexity index is 969. The van der Waals surface area contributed by atoms with E-state index in [9.17, 15) is 14.4 Å². The van der Waals surface area contributed by atoms with E-state index < -0.39 is 29.7 Å². The van der Waals surface area contributed by atoms with Crippen molar-refractivity contribution in [3.05, 3.63) is 59.7 Å². The van der Waals surface area contributed by atoms with Crippen molar-refractivity contribution in [2.75, 3.05) is 16.8 Å². The van der Waals surface area contributed by atoms with Crippen molar-refractivity contribution in [2.45, 2.75) is 45.9 Å². The normalized spacial score (nSPS) is 15.9. The molecule has 8 nitrogen and oxygen atoms in total. The number of carbonyl (C=O) groups excluding carboxylic acids is 3. The van der Waals surface area contributed by atoms with E-state index in [4.69, 9.17) is 9.47 Å².